The molecule has 0 aliphatic heterocycles. The smallest absolute Gasteiger partial charge is 0.199 e. The van der Waals surface area contributed by atoms with Gasteiger partial charge in [0.1, 0.15) is 4.38 Å². The molecule has 0 bridgehead atoms. The van der Waals surface area contributed by atoms with Crippen molar-refractivity contribution in [1.82, 2.24) is 0 Å². The van der Waals surface area contributed by atoms with Crippen LogP contribution in [0, 0.1) is 0 Å². The summed E-state index contributed by atoms with van der Waals surface area (Å²) in [4.78, 5) is 0.242. The maximum absolute atomic E-state index is 12.0. The molecular weight excluding hydrogens is 274 g/mol. The first-order valence-electron chi connectivity index (χ1n) is 5.25. The quantitative estimate of drug-likeness (QED) is 0.630. The molecule has 1 rings (SSSR count). The van der Waals surface area contributed by atoms with Crippen LogP contribution in [0.3, 0.4) is 0 Å². The molecule has 94 valence electrons. The molecule has 0 heterocycles. The molecule has 0 aliphatic rings. The van der Waals surface area contributed by atoms with Crippen LogP contribution >= 0.6 is 23.5 Å². The van der Waals surface area contributed by atoms with Crippen molar-refractivity contribution < 1.29 is 8.42 Å². The standard InChI is InChI=1S/C11H15NO2S3/c1-3-15-11(16-4-2)12-17(13,14)10-8-6-5-7-9-10/h5-9H,3-4H2,1-2H3. The molecule has 1 aromatic carbocycles. The van der Waals surface area contributed by atoms with Gasteiger partial charge in [-0.1, -0.05) is 55.6 Å². The van der Waals surface area contributed by atoms with Gasteiger partial charge in [-0.05, 0) is 23.6 Å². The highest BCUT2D eigenvalue weighted by molar-refractivity contribution is 8.39. The fraction of sp³-hybridized carbons (Fsp3) is 0.364. The number of benzene rings is 1. The van der Waals surface area contributed by atoms with Gasteiger partial charge in [0.15, 0.2) is 0 Å². The van der Waals surface area contributed by atoms with E-state index in [0.717, 1.165) is 11.5 Å². The SMILES string of the molecule is CCSC(=NS(=O)(=O)c1ccccc1)SCC. The van der Waals surface area contributed by atoms with Crippen molar-refractivity contribution in [2.75, 3.05) is 11.5 Å². The number of nitrogens with zero attached hydrogens (tertiary/aromatic N) is 1. The molecule has 0 saturated heterocycles. The minimum atomic E-state index is -3.56. The Morgan fingerprint density at radius 1 is 1.12 bits per heavy atom. The Labute approximate surface area is 111 Å². The average Bonchev–Trinajstić information content (AvgIpc) is 2.30. The molecule has 0 fully saturated rings. The summed E-state index contributed by atoms with van der Waals surface area (Å²) in [5, 5.41) is 0. The van der Waals surface area contributed by atoms with E-state index in [1.165, 1.54) is 23.5 Å². The van der Waals surface area contributed by atoms with E-state index in [1.54, 1.807) is 30.3 Å². The predicted octanol–water partition coefficient (Wildman–Crippen LogP) is 3.24. The maximum Gasteiger partial charge on any atom is 0.283 e. The minimum Gasteiger partial charge on any atom is -0.199 e. The van der Waals surface area contributed by atoms with E-state index in [2.05, 4.69) is 4.40 Å². The number of sulfonamides is 1. The first-order valence-corrected chi connectivity index (χ1v) is 8.67. The van der Waals surface area contributed by atoms with E-state index in [9.17, 15) is 8.42 Å². The van der Waals surface area contributed by atoms with Crippen LogP contribution in [0.4, 0.5) is 0 Å². The largest absolute Gasteiger partial charge is 0.283 e. The molecule has 0 atom stereocenters. The second-order valence-electron chi connectivity index (χ2n) is 3.01. The molecule has 0 amide bonds. The van der Waals surface area contributed by atoms with Crippen molar-refractivity contribution in [3.63, 3.8) is 0 Å². The lowest BCUT2D eigenvalue weighted by Crippen LogP contribution is -2.00. The highest BCUT2D eigenvalue weighted by Gasteiger charge is 2.13. The van der Waals surface area contributed by atoms with Gasteiger partial charge in [-0.2, -0.15) is 8.42 Å². The average molecular weight is 289 g/mol. The molecular formula is C11H15NO2S3. The summed E-state index contributed by atoms with van der Waals surface area (Å²) in [6, 6.07) is 8.29. The van der Waals surface area contributed by atoms with Crippen LogP contribution in [0.2, 0.25) is 0 Å². The number of hydrogen-bond acceptors (Lipinski definition) is 4. The molecule has 3 nitrogen and oxygen atoms in total. The van der Waals surface area contributed by atoms with Crippen molar-refractivity contribution in [3.8, 4) is 0 Å². The second-order valence-corrected chi connectivity index (χ2v) is 7.38. The second kappa shape index (κ2) is 7.08. The van der Waals surface area contributed by atoms with Crippen LogP contribution in [-0.2, 0) is 10.0 Å². The fourth-order valence-corrected chi connectivity index (χ4v) is 4.43. The molecule has 0 aromatic heterocycles. The molecule has 0 N–H and O–H groups in total. The molecule has 17 heavy (non-hydrogen) atoms. The third kappa shape index (κ3) is 4.73. The lowest BCUT2D eigenvalue weighted by molar-refractivity contribution is 0.598. The molecule has 1 aromatic rings. The lowest BCUT2D eigenvalue weighted by atomic mass is 10.4. The van der Waals surface area contributed by atoms with Crippen LogP contribution in [0.1, 0.15) is 13.8 Å². The first-order chi connectivity index (χ1) is 8.10. The lowest BCUT2D eigenvalue weighted by Gasteiger charge is -2.03. The van der Waals surface area contributed by atoms with Crippen molar-refractivity contribution in [2.24, 2.45) is 4.40 Å². The van der Waals surface area contributed by atoms with Gasteiger partial charge in [-0.3, -0.25) is 0 Å². The van der Waals surface area contributed by atoms with Crippen LogP contribution in [-0.4, -0.2) is 24.3 Å². The normalized spacial score (nSPS) is 11.2. The van der Waals surface area contributed by atoms with Crippen LogP contribution in [0.5, 0.6) is 0 Å². The fourth-order valence-electron chi connectivity index (χ4n) is 1.08. The predicted molar refractivity (Wildman–Crippen MR) is 77.3 cm³/mol. The van der Waals surface area contributed by atoms with Gasteiger partial charge in [0.2, 0.25) is 0 Å². The summed E-state index contributed by atoms with van der Waals surface area (Å²) in [5.41, 5.74) is 0. The van der Waals surface area contributed by atoms with Crippen LogP contribution in [0.15, 0.2) is 39.6 Å². The Bertz CT molecular complexity index is 461. The van der Waals surface area contributed by atoms with Gasteiger partial charge < -0.3 is 0 Å². The Morgan fingerprint density at radius 3 is 2.12 bits per heavy atom. The monoisotopic (exact) mass is 289 g/mol. The van der Waals surface area contributed by atoms with Gasteiger partial charge in [0.05, 0.1) is 4.90 Å². The number of thioether (sulfide) groups is 2. The van der Waals surface area contributed by atoms with Crippen molar-refractivity contribution >= 4 is 37.9 Å². The molecule has 0 radical (unpaired) electrons. The first kappa shape index (κ1) is 14.6. The van der Waals surface area contributed by atoms with Gasteiger partial charge in [-0.25, -0.2) is 0 Å². The highest BCUT2D eigenvalue weighted by Crippen LogP contribution is 2.21. The molecule has 0 saturated carbocycles. The molecule has 0 aliphatic carbocycles. The van der Waals surface area contributed by atoms with E-state index >= 15 is 0 Å². The van der Waals surface area contributed by atoms with E-state index in [-0.39, 0.29) is 4.90 Å². The molecule has 0 unspecified atom stereocenters. The third-order valence-electron chi connectivity index (χ3n) is 1.77. The summed E-state index contributed by atoms with van der Waals surface area (Å²) < 4.78 is 28.4. The summed E-state index contributed by atoms with van der Waals surface area (Å²) in [5.74, 6) is 1.63. The number of hydrogen-bond donors (Lipinski definition) is 0. The van der Waals surface area contributed by atoms with Crippen LogP contribution in [0.25, 0.3) is 0 Å². The van der Waals surface area contributed by atoms with E-state index in [0.29, 0.717) is 4.38 Å². The molecule has 0 spiro atoms. The third-order valence-corrected chi connectivity index (χ3v) is 5.25. The Balaban J connectivity index is 3.01. The Hall–Kier alpha value is -0.460. The van der Waals surface area contributed by atoms with Crippen molar-refractivity contribution in [1.29, 1.82) is 0 Å². The maximum atomic E-state index is 12.0. The summed E-state index contributed by atoms with van der Waals surface area (Å²) in [6.45, 7) is 3.96. The van der Waals surface area contributed by atoms with Crippen molar-refractivity contribution in [3.05, 3.63) is 30.3 Å². The zero-order valence-electron chi connectivity index (χ0n) is 9.79. The minimum absolute atomic E-state index is 0.242. The topological polar surface area (TPSA) is 46.5 Å². The Morgan fingerprint density at radius 2 is 1.65 bits per heavy atom. The summed E-state index contributed by atoms with van der Waals surface area (Å²) >= 11 is 2.91. The summed E-state index contributed by atoms with van der Waals surface area (Å²) in [6.07, 6.45) is 0. The van der Waals surface area contributed by atoms with E-state index in [4.69, 9.17) is 0 Å². The van der Waals surface area contributed by atoms with Gasteiger partial charge in [0.25, 0.3) is 10.0 Å². The van der Waals surface area contributed by atoms with Gasteiger partial charge in [0, 0.05) is 0 Å². The summed E-state index contributed by atoms with van der Waals surface area (Å²) in [7, 11) is -3.56. The Kier molecular flexibility index (Phi) is 6.08. The van der Waals surface area contributed by atoms with Gasteiger partial charge in [-0.15, -0.1) is 4.40 Å². The highest BCUT2D eigenvalue weighted by atomic mass is 32.2. The van der Waals surface area contributed by atoms with E-state index < -0.39 is 10.0 Å². The van der Waals surface area contributed by atoms with Gasteiger partial charge >= 0.3 is 0 Å². The number of rotatable bonds is 4. The zero-order chi connectivity index (χ0) is 12.7. The molecule has 6 heteroatoms. The zero-order valence-corrected chi connectivity index (χ0v) is 12.2. The van der Waals surface area contributed by atoms with Crippen molar-refractivity contribution in [2.45, 2.75) is 18.7 Å². The van der Waals surface area contributed by atoms with Crippen LogP contribution < -0.4 is 0 Å². The van der Waals surface area contributed by atoms with E-state index in [1.807, 2.05) is 13.8 Å².